The fourth-order valence-corrected chi connectivity index (χ4v) is 1.90. The van der Waals surface area contributed by atoms with Gasteiger partial charge in [-0.05, 0) is 0 Å². The van der Waals surface area contributed by atoms with Crippen LogP contribution in [0.5, 0.6) is 0 Å². The minimum absolute atomic E-state index is 0.0220. The lowest BCUT2D eigenvalue weighted by Gasteiger charge is -2.19. The molecule has 5 atom stereocenters. The summed E-state index contributed by atoms with van der Waals surface area (Å²) in [6.45, 7) is 2.85. The number of epoxide rings is 1. The molecule has 0 amide bonds. The second-order valence-electron chi connectivity index (χ2n) is 3.30. The van der Waals surface area contributed by atoms with Gasteiger partial charge < -0.3 is 14.2 Å². The van der Waals surface area contributed by atoms with Crippen LogP contribution in [-0.2, 0) is 14.2 Å². The number of fused-ring (bicyclic) bond motifs is 4. The Kier molecular flexibility index (Phi) is 0.854. The fourth-order valence-electron chi connectivity index (χ4n) is 1.90. The smallest absolute Gasteiger partial charge is 0.163 e. The van der Waals surface area contributed by atoms with E-state index in [9.17, 15) is 0 Å². The summed E-state index contributed by atoms with van der Waals surface area (Å²) >= 11 is 0. The molecule has 0 N–H and O–H groups in total. The average molecular weight is 142 g/mol. The molecule has 0 aromatic carbocycles. The van der Waals surface area contributed by atoms with Gasteiger partial charge in [-0.2, -0.15) is 0 Å². The Labute approximate surface area is 59.3 Å². The van der Waals surface area contributed by atoms with Crippen LogP contribution in [0.15, 0.2) is 0 Å². The van der Waals surface area contributed by atoms with E-state index in [0.29, 0.717) is 18.1 Å². The quantitative estimate of drug-likeness (QED) is 0.451. The van der Waals surface area contributed by atoms with Crippen molar-refractivity contribution in [3.05, 3.63) is 0 Å². The zero-order valence-electron chi connectivity index (χ0n) is 5.82. The molecule has 3 rings (SSSR count). The van der Waals surface area contributed by atoms with Gasteiger partial charge in [-0.25, -0.2) is 0 Å². The predicted octanol–water partition coefficient (Wildman–Crippen LogP) is 0.145. The molecule has 56 valence electrons. The van der Waals surface area contributed by atoms with Crippen LogP contribution in [0.1, 0.15) is 6.92 Å². The van der Waals surface area contributed by atoms with Crippen molar-refractivity contribution >= 4 is 0 Å². The highest BCUT2D eigenvalue weighted by Crippen LogP contribution is 2.44. The van der Waals surface area contributed by atoms with Crippen LogP contribution < -0.4 is 0 Å². The highest BCUT2D eigenvalue weighted by molar-refractivity contribution is 5.02. The number of hydrogen-bond donors (Lipinski definition) is 0. The molecule has 10 heavy (non-hydrogen) atoms. The van der Waals surface area contributed by atoms with E-state index in [1.165, 1.54) is 0 Å². The third kappa shape index (κ3) is 0.516. The molecule has 3 aliphatic heterocycles. The summed E-state index contributed by atoms with van der Waals surface area (Å²) in [5.74, 6) is 0.434. The zero-order chi connectivity index (χ0) is 6.72. The summed E-state index contributed by atoms with van der Waals surface area (Å²) in [5, 5.41) is 0. The minimum atomic E-state index is 0.0220. The molecule has 3 aliphatic rings. The lowest BCUT2D eigenvalue weighted by molar-refractivity contribution is -0.105. The van der Waals surface area contributed by atoms with Crippen molar-refractivity contribution < 1.29 is 14.2 Å². The third-order valence-corrected chi connectivity index (χ3v) is 2.61. The molecule has 3 heterocycles. The molecular weight excluding hydrogens is 132 g/mol. The van der Waals surface area contributed by atoms with Crippen LogP contribution >= 0.6 is 0 Å². The Morgan fingerprint density at radius 3 is 3.00 bits per heavy atom. The van der Waals surface area contributed by atoms with E-state index in [1.54, 1.807) is 0 Å². The van der Waals surface area contributed by atoms with E-state index in [0.717, 1.165) is 6.61 Å². The molecule has 0 saturated carbocycles. The molecule has 2 bridgehead atoms. The monoisotopic (exact) mass is 142 g/mol. The maximum absolute atomic E-state index is 5.52. The summed E-state index contributed by atoms with van der Waals surface area (Å²) in [6, 6.07) is 0. The van der Waals surface area contributed by atoms with Crippen molar-refractivity contribution in [2.24, 2.45) is 5.92 Å². The molecule has 0 radical (unpaired) electrons. The van der Waals surface area contributed by atoms with Crippen LogP contribution in [0.3, 0.4) is 0 Å². The first-order chi connectivity index (χ1) is 4.86. The maximum atomic E-state index is 5.52. The molecular formula is C7H10O3. The zero-order valence-corrected chi connectivity index (χ0v) is 5.82. The second-order valence-corrected chi connectivity index (χ2v) is 3.30. The molecule has 0 aromatic rings. The molecule has 3 saturated heterocycles. The molecule has 2 unspecified atom stereocenters. The van der Waals surface area contributed by atoms with Crippen LogP contribution in [-0.4, -0.2) is 31.2 Å². The molecule has 3 nitrogen and oxygen atoms in total. The van der Waals surface area contributed by atoms with Crippen molar-refractivity contribution in [3.8, 4) is 0 Å². The number of ether oxygens (including phenoxy) is 3. The first-order valence-electron chi connectivity index (χ1n) is 3.79. The number of rotatable bonds is 0. The minimum Gasteiger partial charge on any atom is -0.366 e. The van der Waals surface area contributed by atoms with Crippen molar-refractivity contribution in [3.63, 3.8) is 0 Å². The Bertz CT molecular complexity index is 168. The van der Waals surface area contributed by atoms with E-state index in [2.05, 4.69) is 6.92 Å². The van der Waals surface area contributed by atoms with Gasteiger partial charge in [0.05, 0.1) is 12.7 Å². The van der Waals surface area contributed by atoms with Crippen LogP contribution in [0.25, 0.3) is 0 Å². The second kappa shape index (κ2) is 1.55. The number of hydrogen-bond acceptors (Lipinski definition) is 3. The Morgan fingerprint density at radius 1 is 1.20 bits per heavy atom. The maximum Gasteiger partial charge on any atom is 0.163 e. The van der Waals surface area contributed by atoms with Crippen molar-refractivity contribution in [2.45, 2.75) is 31.5 Å². The molecule has 0 aromatic heterocycles. The summed E-state index contributed by atoms with van der Waals surface area (Å²) in [6.07, 6.45) is 1.06. The lowest BCUT2D eigenvalue weighted by atomic mass is 10.0. The van der Waals surface area contributed by atoms with E-state index < -0.39 is 0 Å². The summed E-state index contributed by atoms with van der Waals surface area (Å²) < 4.78 is 16.3. The lowest BCUT2D eigenvalue weighted by Crippen LogP contribution is -2.33. The first-order valence-corrected chi connectivity index (χ1v) is 3.79. The highest BCUT2D eigenvalue weighted by Gasteiger charge is 2.59. The summed E-state index contributed by atoms with van der Waals surface area (Å²) in [4.78, 5) is 0. The molecule has 3 fully saturated rings. The summed E-state index contributed by atoms with van der Waals surface area (Å²) in [7, 11) is 0. The van der Waals surface area contributed by atoms with E-state index in [-0.39, 0.29) is 12.4 Å². The molecule has 0 aliphatic carbocycles. The van der Waals surface area contributed by atoms with Crippen molar-refractivity contribution in [2.75, 3.05) is 6.61 Å². The van der Waals surface area contributed by atoms with E-state index in [1.807, 2.05) is 0 Å². The SMILES string of the molecule is C[C@H]1C2O[C@H]2C2CO[C@H]1O2. The van der Waals surface area contributed by atoms with Crippen molar-refractivity contribution in [1.82, 2.24) is 0 Å². The van der Waals surface area contributed by atoms with E-state index in [4.69, 9.17) is 14.2 Å². The average Bonchev–Trinajstić information content (AvgIpc) is 2.61. The Balaban J connectivity index is 1.91. The van der Waals surface area contributed by atoms with Crippen LogP contribution in [0.4, 0.5) is 0 Å². The van der Waals surface area contributed by atoms with Gasteiger partial charge in [0, 0.05) is 5.92 Å². The summed E-state index contributed by atoms with van der Waals surface area (Å²) in [5.41, 5.74) is 0. The van der Waals surface area contributed by atoms with Gasteiger partial charge in [-0.3, -0.25) is 0 Å². The Morgan fingerprint density at radius 2 is 2.10 bits per heavy atom. The normalized spacial score (nSPS) is 63.9. The van der Waals surface area contributed by atoms with Crippen LogP contribution in [0, 0.1) is 5.92 Å². The van der Waals surface area contributed by atoms with Gasteiger partial charge in [0.15, 0.2) is 6.29 Å². The van der Waals surface area contributed by atoms with Gasteiger partial charge in [-0.1, -0.05) is 6.92 Å². The largest absolute Gasteiger partial charge is 0.366 e. The van der Waals surface area contributed by atoms with Crippen LogP contribution in [0.2, 0.25) is 0 Å². The van der Waals surface area contributed by atoms with E-state index >= 15 is 0 Å². The van der Waals surface area contributed by atoms with Gasteiger partial charge in [0.2, 0.25) is 0 Å². The molecule has 3 heteroatoms. The molecule has 0 spiro atoms. The standard InChI is InChI=1S/C7H10O3/c1-3-5-6(10-5)4-2-8-7(3)9-4/h3-7H,2H2,1H3/t3-,4?,5?,6-,7-/m0/s1. The van der Waals surface area contributed by atoms with Gasteiger partial charge >= 0.3 is 0 Å². The van der Waals surface area contributed by atoms with Gasteiger partial charge in [0.25, 0.3) is 0 Å². The third-order valence-electron chi connectivity index (χ3n) is 2.61. The van der Waals surface area contributed by atoms with Crippen molar-refractivity contribution in [1.29, 1.82) is 0 Å². The Hall–Kier alpha value is -0.120. The van der Waals surface area contributed by atoms with Gasteiger partial charge in [0.1, 0.15) is 12.2 Å². The fraction of sp³-hybridized carbons (Fsp3) is 1.00. The van der Waals surface area contributed by atoms with Gasteiger partial charge in [-0.15, -0.1) is 0 Å². The first kappa shape index (κ1) is 5.52. The predicted molar refractivity (Wildman–Crippen MR) is 32.4 cm³/mol. The topological polar surface area (TPSA) is 31.0 Å². The highest BCUT2D eigenvalue weighted by atomic mass is 16.8.